The summed E-state index contributed by atoms with van der Waals surface area (Å²) in [6.45, 7) is 0.273. The normalized spacial score (nSPS) is 10.2. The van der Waals surface area contributed by atoms with Crippen molar-refractivity contribution in [1.82, 2.24) is 9.97 Å². The Morgan fingerprint density at radius 1 is 1.18 bits per heavy atom. The summed E-state index contributed by atoms with van der Waals surface area (Å²) in [4.78, 5) is 7.68. The summed E-state index contributed by atoms with van der Waals surface area (Å²) in [5, 5.41) is 9.86. The van der Waals surface area contributed by atoms with Crippen molar-refractivity contribution in [1.29, 1.82) is 0 Å². The second-order valence-electron chi connectivity index (χ2n) is 3.26. The minimum absolute atomic E-state index is 0.00127. The quantitative estimate of drug-likeness (QED) is 0.871. The van der Waals surface area contributed by atoms with Crippen LogP contribution in [0.15, 0.2) is 30.6 Å². The van der Waals surface area contributed by atoms with E-state index in [-0.39, 0.29) is 17.5 Å². The van der Waals surface area contributed by atoms with E-state index in [0.717, 1.165) is 5.56 Å². The molecule has 2 heterocycles. The molecule has 0 aliphatic carbocycles. The van der Waals surface area contributed by atoms with Crippen LogP contribution in [0.2, 0.25) is 10.3 Å². The highest BCUT2D eigenvalue weighted by atomic mass is 35.5. The lowest BCUT2D eigenvalue weighted by molar-refractivity contribution is 0.302. The van der Waals surface area contributed by atoms with Gasteiger partial charge < -0.3 is 9.84 Å². The van der Waals surface area contributed by atoms with Crippen molar-refractivity contribution in [2.45, 2.75) is 6.61 Å². The molecule has 0 fully saturated rings. The van der Waals surface area contributed by atoms with Crippen LogP contribution in [-0.4, -0.2) is 15.1 Å². The lowest BCUT2D eigenvalue weighted by Gasteiger charge is -2.07. The zero-order valence-electron chi connectivity index (χ0n) is 8.60. The Morgan fingerprint density at radius 2 is 2.00 bits per heavy atom. The van der Waals surface area contributed by atoms with Crippen LogP contribution >= 0.6 is 23.2 Å². The second kappa shape index (κ2) is 5.21. The number of halogens is 2. The van der Waals surface area contributed by atoms with E-state index in [4.69, 9.17) is 27.9 Å². The second-order valence-corrected chi connectivity index (χ2v) is 4.01. The predicted molar refractivity (Wildman–Crippen MR) is 64.5 cm³/mol. The van der Waals surface area contributed by atoms with Gasteiger partial charge in [-0.1, -0.05) is 29.3 Å². The number of hydrogen-bond donors (Lipinski definition) is 1. The number of aromatic hydroxyl groups is 1. The van der Waals surface area contributed by atoms with Crippen molar-refractivity contribution < 1.29 is 9.84 Å². The van der Waals surface area contributed by atoms with E-state index in [2.05, 4.69) is 9.97 Å². The zero-order valence-corrected chi connectivity index (χ0v) is 10.1. The van der Waals surface area contributed by atoms with Gasteiger partial charge in [0.05, 0.1) is 6.20 Å². The number of nitrogens with zero attached hydrogens (tertiary/aromatic N) is 2. The van der Waals surface area contributed by atoms with Crippen molar-refractivity contribution in [2.75, 3.05) is 0 Å². The molecular formula is C11H8Cl2N2O2. The molecule has 17 heavy (non-hydrogen) atoms. The van der Waals surface area contributed by atoms with Gasteiger partial charge in [-0.15, -0.1) is 0 Å². The van der Waals surface area contributed by atoms with Crippen LogP contribution < -0.4 is 4.74 Å². The highest BCUT2D eigenvalue weighted by molar-refractivity contribution is 6.30. The molecule has 0 radical (unpaired) electrons. The van der Waals surface area contributed by atoms with Gasteiger partial charge >= 0.3 is 0 Å². The molecule has 0 aromatic carbocycles. The number of hydrogen-bond acceptors (Lipinski definition) is 4. The largest absolute Gasteiger partial charge is 0.506 e. The summed E-state index contributed by atoms with van der Waals surface area (Å²) >= 11 is 11.5. The molecule has 0 aliphatic heterocycles. The standard InChI is InChI=1S/C11H8Cl2N2O2/c12-10-2-1-7(4-14-10)6-17-9-3-8(16)5-15-11(9)13/h1-5,16H,6H2. The number of aromatic nitrogens is 2. The molecule has 0 bridgehead atoms. The van der Waals surface area contributed by atoms with E-state index >= 15 is 0 Å². The van der Waals surface area contributed by atoms with E-state index in [0.29, 0.717) is 10.9 Å². The van der Waals surface area contributed by atoms with Crippen molar-refractivity contribution >= 4 is 23.2 Å². The average molecular weight is 271 g/mol. The Morgan fingerprint density at radius 3 is 2.71 bits per heavy atom. The minimum atomic E-state index is -0.00127. The smallest absolute Gasteiger partial charge is 0.171 e. The molecule has 2 aromatic heterocycles. The first kappa shape index (κ1) is 12.0. The molecule has 0 atom stereocenters. The minimum Gasteiger partial charge on any atom is -0.506 e. The molecule has 2 aromatic rings. The van der Waals surface area contributed by atoms with Crippen molar-refractivity contribution in [2.24, 2.45) is 0 Å². The van der Waals surface area contributed by atoms with Crippen LogP contribution in [0.3, 0.4) is 0 Å². The molecule has 0 spiro atoms. The van der Waals surface area contributed by atoms with Gasteiger partial charge in [0.25, 0.3) is 0 Å². The monoisotopic (exact) mass is 270 g/mol. The fourth-order valence-corrected chi connectivity index (χ4v) is 1.44. The number of pyridine rings is 2. The van der Waals surface area contributed by atoms with E-state index in [1.54, 1.807) is 18.3 Å². The zero-order chi connectivity index (χ0) is 12.3. The summed E-state index contributed by atoms with van der Waals surface area (Å²) in [6.07, 6.45) is 2.85. The van der Waals surface area contributed by atoms with Crippen LogP contribution in [0, 0.1) is 0 Å². The first-order valence-corrected chi connectivity index (χ1v) is 5.48. The Kier molecular flexibility index (Phi) is 3.66. The van der Waals surface area contributed by atoms with Crippen LogP contribution in [0.4, 0.5) is 0 Å². The molecule has 2 rings (SSSR count). The maximum Gasteiger partial charge on any atom is 0.171 e. The van der Waals surface area contributed by atoms with Crippen molar-refractivity contribution in [3.05, 3.63) is 46.5 Å². The molecule has 1 N–H and O–H groups in total. The van der Waals surface area contributed by atoms with Crippen LogP contribution in [0.1, 0.15) is 5.56 Å². The molecule has 0 unspecified atom stereocenters. The highest BCUT2D eigenvalue weighted by Gasteiger charge is 2.05. The van der Waals surface area contributed by atoms with Crippen LogP contribution in [0.5, 0.6) is 11.5 Å². The van der Waals surface area contributed by atoms with Crippen LogP contribution in [0.25, 0.3) is 0 Å². The molecular weight excluding hydrogens is 263 g/mol. The SMILES string of the molecule is Oc1cnc(Cl)c(OCc2ccc(Cl)nc2)c1. The van der Waals surface area contributed by atoms with E-state index in [1.165, 1.54) is 12.3 Å². The van der Waals surface area contributed by atoms with E-state index in [1.807, 2.05) is 0 Å². The number of ether oxygens (including phenoxy) is 1. The van der Waals surface area contributed by atoms with Gasteiger partial charge in [-0.25, -0.2) is 9.97 Å². The number of rotatable bonds is 3. The maximum absolute atomic E-state index is 9.24. The molecule has 0 amide bonds. The summed E-state index contributed by atoms with van der Waals surface area (Å²) in [5.74, 6) is 0.320. The van der Waals surface area contributed by atoms with Gasteiger partial charge in [0.15, 0.2) is 10.9 Å². The third-order valence-corrected chi connectivity index (χ3v) is 2.48. The summed E-state index contributed by atoms with van der Waals surface area (Å²) in [7, 11) is 0. The predicted octanol–water partition coefficient (Wildman–Crippen LogP) is 3.07. The van der Waals surface area contributed by atoms with Gasteiger partial charge in [-0.2, -0.15) is 0 Å². The molecule has 0 aliphatic rings. The van der Waals surface area contributed by atoms with Crippen molar-refractivity contribution in [3.63, 3.8) is 0 Å². The van der Waals surface area contributed by atoms with Crippen LogP contribution in [-0.2, 0) is 6.61 Å². The Bertz CT molecular complexity index is 517. The van der Waals surface area contributed by atoms with Gasteiger partial charge in [-0.3, -0.25) is 0 Å². The fraction of sp³-hybridized carbons (Fsp3) is 0.0909. The molecule has 88 valence electrons. The molecule has 0 saturated carbocycles. The van der Waals surface area contributed by atoms with Gasteiger partial charge in [0, 0.05) is 17.8 Å². The van der Waals surface area contributed by atoms with Gasteiger partial charge in [0.2, 0.25) is 0 Å². The lowest BCUT2D eigenvalue weighted by atomic mass is 10.3. The molecule has 4 nitrogen and oxygen atoms in total. The van der Waals surface area contributed by atoms with E-state index < -0.39 is 0 Å². The third-order valence-electron chi connectivity index (χ3n) is 1.98. The Balaban J connectivity index is 2.07. The topological polar surface area (TPSA) is 55.2 Å². The Hall–Kier alpha value is -1.52. The third kappa shape index (κ3) is 3.22. The fourth-order valence-electron chi connectivity index (χ4n) is 1.17. The summed E-state index contributed by atoms with van der Waals surface area (Å²) in [5.41, 5.74) is 0.841. The highest BCUT2D eigenvalue weighted by Crippen LogP contribution is 2.26. The summed E-state index contributed by atoms with van der Waals surface area (Å²) < 4.78 is 5.41. The lowest BCUT2D eigenvalue weighted by Crippen LogP contribution is -1.97. The molecule has 6 heteroatoms. The van der Waals surface area contributed by atoms with Gasteiger partial charge in [-0.05, 0) is 6.07 Å². The Labute approximate surface area is 108 Å². The molecule has 0 saturated heterocycles. The average Bonchev–Trinajstić information content (AvgIpc) is 2.32. The summed E-state index contributed by atoms with van der Waals surface area (Å²) in [6, 6.07) is 4.86. The first-order chi connectivity index (χ1) is 8.15. The van der Waals surface area contributed by atoms with E-state index in [9.17, 15) is 5.11 Å². The van der Waals surface area contributed by atoms with Gasteiger partial charge in [0.1, 0.15) is 17.5 Å². The van der Waals surface area contributed by atoms with Crippen molar-refractivity contribution in [3.8, 4) is 11.5 Å². The maximum atomic E-state index is 9.24. The first-order valence-electron chi connectivity index (χ1n) is 4.73.